The van der Waals surface area contributed by atoms with E-state index >= 15 is 0 Å². The van der Waals surface area contributed by atoms with Crippen LogP contribution in [0.25, 0.3) is 0 Å². The van der Waals surface area contributed by atoms with Gasteiger partial charge in [0.2, 0.25) is 0 Å². The van der Waals surface area contributed by atoms with Crippen LogP contribution in [0, 0.1) is 11.6 Å². The second-order valence-corrected chi connectivity index (χ2v) is 5.62. The van der Waals surface area contributed by atoms with Crippen LogP contribution in [0.5, 0.6) is 0 Å². The minimum absolute atomic E-state index is 0.0154. The molecule has 1 nitrogen and oxygen atoms in total. The highest BCUT2D eigenvalue weighted by Crippen LogP contribution is 2.27. The lowest BCUT2D eigenvalue weighted by Crippen LogP contribution is -2.18. The first-order valence-corrected chi connectivity index (χ1v) is 7.16. The molecular formula is C15H17F2NS. The quantitative estimate of drug-likeness (QED) is 0.870. The van der Waals surface area contributed by atoms with Crippen molar-refractivity contribution in [3.05, 3.63) is 57.3 Å². The Kier molecular flexibility index (Phi) is 4.66. The first-order valence-electron chi connectivity index (χ1n) is 6.34. The Hall–Kier alpha value is -1.26. The maximum Gasteiger partial charge on any atom is 0.162 e. The molecule has 0 spiro atoms. The first kappa shape index (κ1) is 14.2. The minimum atomic E-state index is -0.784. The van der Waals surface area contributed by atoms with Crippen molar-refractivity contribution in [1.82, 2.24) is 5.32 Å². The highest BCUT2D eigenvalue weighted by molar-refractivity contribution is 7.12. The van der Waals surface area contributed by atoms with Crippen molar-refractivity contribution in [3.8, 4) is 0 Å². The van der Waals surface area contributed by atoms with Crippen LogP contribution in [-0.4, -0.2) is 7.05 Å². The summed E-state index contributed by atoms with van der Waals surface area (Å²) in [4.78, 5) is 2.46. The zero-order valence-electron chi connectivity index (χ0n) is 11.0. The van der Waals surface area contributed by atoms with Gasteiger partial charge in [-0.15, -0.1) is 11.3 Å². The van der Waals surface area contributed by atoms with Crippen LogP contribution in [0.2, 0.25) is 0 Å². The van der Waals surface area contributed by atoms with Crippen molar-refractivity contribution >= 4 is 11.3 Å². The molecule has 1 heterocycles. The number of rotatable bonds is 5. The molecule has 2 aromatic rings. The molecular weight excluding hydrogens is 264 g/mol. The van der Waals surface area contributed by atoms with Gasteiger partial charge in [0.05, 0.1) is 0 Å². The summed E-state index contributed by atoms with van der Waals surface area (Å²) in [5.41, 5.74) is 0.408. The number of thiophene rings is 1. The molecule has 0 amide bonds. The van der Waals surface area contributed by atoms with E-state index in [1.54, 1.807) is 23.5 Å². The SMILES string of the molecule is CCc1ccc(C(Cc2cccc(F)c2F)NC)s1. The third-order valence-electron chi connectivity index (χ3n) is 3.18. The standard InChI is InChI=1S/C15H17F2NS/c1-3-11-7-8-14(19-11)13(18-2)9-10-5-4-6-12(16)15(10)17/h4-8,13,18H,3,9H2,1-2H3. The summed E-state index contributed by atoms with van der Waals surface area (Å²) in [7, 11) is 1.84. The van der Waals surface area contributed by atoms with Crippen molar-refractivity contribution in [2.75, 3.05) is 7.05 Å². The summed E-state index contributed by atoms with van der Waals surface area (Å²) in [6, 6.07) is 8.49. The number of benzene rings is 1. The average Bonchev–Trinajstić information content (AvgIpc) is 2.89. The maximum atomic E-state index is 13.7. The van der Waals surface area contributed by atoms with Crippen LogP contribution in [0.4, 0.5) is 8.78 Å². The number of likely N-dealkylation sites (N-methyl/N-ethyl adjacent to an activating group) is 1. The Bertz CT molecular complexity index is 551. The van der Waals surface area contributed by atoms with Crippen LogP contribution in [0.3, 0.4) is 0 Å². The number of hydrogen-bond donors (Lipinski definition) is 1. The largest absolute Gasteiger partial charge is 0.312 e. The highest BCUT2D eigenvalue weighted by Gasteiger charge is 2.16. The smallest absolute Gasteiger partial charge is 0.162 e. The summed E-state index contributed by atoms with van der Waals surface area (Å²) >= 11 is 1.72. The monoisotopic (exact) mass is 281 g/mol. The van der Waals surface area contributed by atoms with Crippen molar-refractivity contribution in [2.45, 2.75) is 25.8 Å². The first-order chi connectivity index (χ1) is 9.15. The third-order valence-corrected chi connectivity index (χ3v) is 4.52. The topological polar surface area (TPSA) is 12.0 Å². The van der Waals surface area contributed by atoms with Crippen molar-refractivity contribution in [3.63, 3.8) is 0 Å². The lowest BCUT2D eigenvalue weighted by atomic mass is 10.0. The zero-order valence-corrected chi connectivity index (χ0v) is 11.9. The molecule has 1 unspecified atom stereocenters. The van der Waals surface area contributed by atoms with Gasteiger partial charge in [-0.25, -0.2) is 8.78 Å². The van der Waals surface area contributed by atoms with Crippen LogP contribution in [-0.2, 0) is 12.8 Å². The molecule has 19 heavy (non-hydrogen) atoms. The van der Waals surface area contributed by atoms with Gasteiger partial charge in [-0.3, -0.25) is 0 Å². The summed E-state index contributed by atoms with van der Waals surface area (Å²) in [6.07, 6.45) is 1.44. The van der Waals surface area contributed by atoms with E-state index in [1.165, 1.54) is 4.88 Å². The van der Waals surface area contributed by atoms with Crippen molar-refractivity contribution < 1.29 is 8.78 Å². The Labute approximate surface area is 116 Å². The van der Waals surface area contributed by atoms with Crippen molar-refractivity contribution in [1.29, 1.82) is 0 Å². The number of hydrogen-bond acceptors (Lipinski definition) is 2. The zero-order chi connectivity index (χ0) is 13.8. The molecule has 0 fully saturated rings. The van der Waals surface area contributed by atoms with E-state index in [0.717, 1.165) is 17.4 Å². The summed E-state index contributed by atoms with van der Waals surface area (Å²) in [5.74, 6) is -1.53. The Morgan fingerprint density at radius 2 is 2.00 bits per heavy atom. The van der Waals surface area contributed by atoms with Gasteiger partial charge < -0.3 is 5.32 Å². The molecule has 102 valence electrons. The van der Waals surface area contributed by atoms with Gasteiger partial charge >= 0.3 is 0 Å². The summed E-state index contributed by atoms with van der Waals surface area (Å²) in [6.45, 7) is 2.11. The molecule has 0 radical (unpaired) electrons. The molecule has 1 N–H and O–H groups in total. The van der Waals surface area contributed by atoms with E-state index in [0.29, 0.717) is 12.0 Å². The second-order valence-electron chi connectivity index (χ2n) is 4.42. The summed E-state index contributed by atoms with van der Waals surface area (Å²) in [5, 5.41) is 3.17. The van der Waals surface area contributed by atoms with Crippen LogP contribution in [0.15, 0.2) is 30.3 Å². The van der Waals surface area contributed by atoms with E-state index in [2.05, 4.69) is 24.4 Å². The number of aryl methyl sites for hydroxylation is 1. The number of nitrogens with one attached hydrogen (secondary N) is 1. The van der Waals surface area contributed by atoms with Crippen LogP contribution in [0.1, 0.15) is 28.3 Å². The molecule has 0 aliphatic rings. The maximum absolute atomic E-state index is 13.7. The fourth-order valence-corrected chi connectivity index (χ4v) is 3.11. The van der Waals surface area contributed by atoms with Crippen molar-refractivity contribution in [2.24, 2.45) is 0 Å². The van der Waals surface area contributed by atoms with E-state index in [1.807, 2.05) is 7.05 Å². The van der Waals surface area contributed by atoms with Crippen LogP contribution < -0.4 is 5.32 Å². The second kappa shape index (κ2) is 6.26. The van der Waals surface area contributed by atoms with Gasteiger partial charge in [-0.2, -0.15) is 0 Å². The van der Waals surface area contributed by atoms with E-state index in [-0.39, 0.29) is 6.04 Å². The van der Waals surface area contributed by atoms with Gasteiger partial charge in [0.1, 0.15) is 0 Å². The van der Waals surface area contributed by atoms with Gasteiger partial charge in [-0.1, -0.05) is 19.1 Å². The van der Waals surface area contributed by atoms with E-state index in [4.69, 9.17) is 0 Å². The molecule has 2 rings (SSSR count). The lowest BCUT2D eigenvalue weighted by Gasteiger charge is -2.15. The molecule has 1 aromatic heterocycles. The molecule has 0 saturated carbocycles. The Balaban J connectivity index is 2.21. The third kappa shape index (κ3) is 3.19. The normalized spacial score (nSPS) is 12.6. The Morgan fingerprint density at radius 3 is 2.63 bits per heavy atom. The van der Waals surface area contributed by atoms with Gasteiger partial charge in [0.25, 0.3) is 0 Å². The molecule has 0 saturated heterocycles. The molecule has 1 atom stereocenters. The van der Waals surface area contributed by atoms with E-state index in [9.17, 15) is 8.78 Å². The summed E-state index contributed by atoms with van der Waals surface area (Å²) < 4.78 is 26.9. The fraction of sp³-hybridized carbons (Fsp3) is 0.333. The molecule has 4 heteroatoms. The number of halogens is 2. The van der Waals surface area contributed by atoms with E-state index < -0.39 is 11.6 Å². The average molecular weight is 281 g/mol. The van der Waals surface area contributed by atoms with Gasteiger partial charge in [0, 0.05) is 15.8 Å². The molecule has 0 bridgehead atoms. The predicted octanol–water partition coefficient (Wildman–Crippen LogP) is 4.09. The van der Waals surface area contributed by atoms with Crippen LogP contribution >= 0.6 is 11.3 Å². The molecule has 0 aliphatic heterocycles. The highest BCUT2D eigenvalue weighted by atomic mass is 32.1. The lowest BCUT2D eigenvalue weighted by molar-refractivity contribution is 0.488. The molecule has 0 aliphatic carbocycles. The molecule has 1 aromatic carbocycles. The van der Waals surface area contributed by atoms with Gasteiger partial charge in [-0.05, 0) is 43.7 Å². The fourth-order valence-electron chi connectivity index (χ4n) is 2.04. The predicted molar refractivity (Wildman–Crippen MR) is 75.6 cm³/mol. The van der Waals surface area contributed by atoms with Gasteiger partial charge in [0.15, 0.2) is 11.6 Å². The Morgan fingerprint density at radius 1 is 1.21 bits per heavy atom. The minimum Gasteiger partial charge on any atom is -0.312 e.